The van der Waals surface area contributed by atoms with Gasteiger partial charge in [-0.25, -0.2) is 13.1 Å². The van der Waals surface area contributed by atoms with Gasteiger partial charge >= 0.3 is 0 Å². The van der Waals surface area contributed by atoms with Crippen LogP contribution in [-0.2, 0) is 21.2 Å². The third-order valence-electron chi connectivity index (χ3n) is 5.66. The van der Waals surface area contributed by atoms with Gasteiger partial charge in [0.05, 0.1) is 4.90 Å². The van der Waals surface area contributed by atoms with Crippen molar-refractivity contribution in [2.45, 2.75) is 62.8 Å². The number of sulfonamides is 1. The van der Waals surface area contributed by atoms with E-state index in [1.165, 1.54) is 18.4 Å². The van der Waals surface area contributed by atoms with Gasteiger partial charge in [-0.05, 0) is 68.7 Å². The first-order valence-electron chi connectivity index (χ1n) is 11.0. The van der Waals surface area contributed by atoms with Crippen molar-refractivity contribution < 1.29 is 13.2 Å². The van der Waals surface area contributed by atoms with E-state index in [9.17, 15) is 13.2 Å². The Morgan fingerprint density at radius 1 is 1.00 bits per heavy atom. The molecule has 0 aromatic heterocycles. The third kappa shape index (κ3) is 7.33. The lowest BCUT2D eigenvalue weighted by atomic mass is 9.97. The van der Waals surface area contributed by atoms with Crippen molar-refractivity contribution in [2.24, 2.45) is 0 Å². The molecule has 1 amide bonds. The minimum absolute atomic E-state index is 0.0338. The molecule has 1 atom stereocenters. The van der Waals surface area contributed by atoms with Crippen LogP contribution >= 0.6 is 0 Å². The maximum Gasteiger partial charge on any atom is 0.241 e. The molecule has 31 heavy (non-hydrogen) atoms. The van der Waals surface area contributed by atoms with Crippen LogP contribution in [0.4, 0.5) is 0 Å². The minimum Gasteiger partial charge on any atom is -0.356 e. The Kier molecular flexibility index (Phi) is 8.43. The monoisotopic (exact) mass is 440 g/mol. The van der Waals surface area contributed by atoms with Gasteiger partial charge in [0.15, 0.2) is 0 Å². The van der Waals surface area contributed by atoms with Gasteiger partial charge in [0.2, 0.25) is 15.9 Å². The molecule has 2 aromatic carbocycles. The second-order valence-electron chi connectivity index (χ2n) is 8.11. The van der Waals surface area contributed by atoms with Crippen molar-refractivity contribution in [1.82, 2.24) is 10.0 Å². The van der Waals surface area contributed by atoms with Crippen molar-refractivity contribution >= 4 is 15.9 Å². The lowest BCUT2D eigenvalue weighted by Crippen LogP contribution is -2.27. The van der Waals surface area contributed by atoms with E-state index in [4.69, 9.17) is 0 Å². The second-order valence-corrected chi connectivity index (χ2v) is 9.82. The summed E-state index contributed by atoms with van der Waals surface area (Å²) >= 11 is 0. The Bertz CT molecular complexity index is 983. The Balaban J connectivity index is 1.45. The first-order chi connectivity index (χ1) is 14.9. The van der Waals surface area contributed by atoms with Crippen LogP contribution in [0.15, 0.2) is 71.1 Å². The van der Waals surface area contributed by atoms with Gasteiger partial charge in [0.1, 0.15) is 0 Å². The number of benzene rings is 2. The van der Waals surface area contributed by atoms with Crippen molar-refractivity contribution in [3.8, 4) is 0 Å². The average Bonchev–Trinajstić information content (AvgIpc) is 2.79. The molecule has 0 spiro atoms. The Morgan fingerprint density at radius 2 is 1.74 bits per heavy atom. The normalized spacial score (nSPS) is 15.2. The molecule has 0 heterocycles. The molecule has 0 unspecified atom stereocenters. The van der Waals surface area contributed by atoms with Crippen molar-refractivity contribution in [2.75, 3.05) is 6.54 Å². The molecule has 6 heteroatoms. The van der Waals surface area contributed by atoms with Gasteiger partial charge < -0.3 is 5.32 Å². The molecule has 2 N–H and O–H groups in total. The fourth-order valence-corrected chi connectivity index (χ4v) is 5.02. The molecular formula is C25H32N2O3S. The number of amides is 1. The Hall–Kier alpha value is -2.44. The fourth-order valence-electron chi connectivity index (χ4n) is 3.79. The maximum absolute atomic E-state index is 12.7. The molecule has 0 saturated heterocycles. The summed E-state index contributed by atoms with van der Waals surface area (Å²) in [5, 5.41) is 2.99. The quantitative estimate of drug-likeness (QED) is 0.528. The van der Waals surface area contributed by atoms with Crippen LogP contribution in [0.1, 0.15) is 62.6 Å². The van der Waals surface area contributed by atoms with Gasteiger partial charge in [-0.2, -0.15) is 0 Å². The van der Waals surface area contributed by atoms with Crippen molar-refractivity contribution in [3.63, 3.8) is 0 Å². The molecule has 0 bridgehead atoms. The number of nitrogens with one attached hydrogen (secondary N) is 2. The lowest BCUT2D eigenvalue weighted by Gasteiger charge is -2.15. The molecule has 3 rings (SSSR count). The standard InChI is InChI=1S/C25H32N2O3S/c1-20(23-10-6-3-7-11-23)27-31(29,30)24-15-12-22(13-16-24)14-17-25(28)26-19-18-21-8-4-2-5-9-21/h3,6-8,10-13,15-16,20,27H,2,4-5,9,14,17-19H2,1H3,(H,26,28)/t20-/m0/s1. The summed E-state index contributed by atoms with van der Waals surface area (Å²) in [5.41, 5.74) is 3.31. The molecule has 1 aliphatic carbocycles. The van der Waals surface area contributed by atoms with E-state index in [1.54, 1.807) is 24.3 Å². The van der Waals surface area contributed by atoms with Crippen LogP contribution in [0, 0.1) is 0 Å². The summed E-state index contributed by atoms with van der Waals surface area (Å²) in [7, 11) is -3.61. The zero-order valence-electron chi connectivity index (χ0n) is 18.1. The average molecular weight is 441 g/mol. The summed E-state index contributed by atoms with van der Waals surface area (Å²) in [6.45, 7) is 2.51. The van der Waals surface area contributed by atoms with Gasteiger partial charge in [-0.1, -0.05) is 54.1 Å². The Labute approximate surface area is 186 Å². The van der Waals surface area contributed by atoms with Crippen molar-refractivity contribution in [1.29, 1.82) is 0 Å². The number of hydrogen-bond donors (Lipinski definition) is 2. The summed E-state index contributed by atoms with van der Waals surface area (Å²) in [6, 6.07) is 15.9. The van der Waals surface area contributed by atoms with Crippen LogP contribution in [0.5, 0.6) is 0 Å². The highest BCUT2D eigenvalue weighted by molar-refractivity contribution is 7.89. The number of carbonyl (C=O) groups excluding carboxylic acids is 1. The van der Waals surface area contributed by atoms with E-state index in [2.05, 4.69) is 16.1 Å². The first kappa shape index (κ1) is 23.2. The zero-order valence-corrected chi connectivity index (χ0v) is 19.0. The highest BCUT2D eigenvalue weighted by Gasteiger charge is 2.18. The first-order valence-corrected chi connectivity index (χ1v) is 12.5. The molecule has 0 aliphatic heterocycles. The molecule has 166 valence electrons. The largest absolute Gasteiger partial charge is 0.356 e. The number of rotatable bonds is 10. The van der Waals surface area contributed by atoms with Crippen LogP contribution < -0.4 is 10.0 Å². The molecule has 2 aromatic rings. The minimum atomic E-state index is -3.61. The Morgan fingerprint density at radius 3 is 2.42 bits per heavy atom. The number of aryl methyl sites for hydroxylation is 1. The third-order valence-corrected chi connectivity index (χ3v) is 7.22. The molecule has 0 fully saturated rings. The molecule has 0 saturated carbocycles. The summed E-state index contributed by atoms with van der Waals surface area (Å²) in [6.07, 6.45) is 9.08. The van der Waals surface area contributed by atoms with E-state index in [1.807, 2.05) is 37.3 Å². The topological polar surface area (TPSA) is 75.3 Å². The van der Waals surface area contributed by atoms with Crippen LogP contribution in [0.2, 0.25) is 0 Å². The predicted molar refractivity (Wildman–Crippen MR) is 124 cm³/mol. The van der Waals surface area contributed by atoms with Gasteiger partial charge in [-0.15, -0.1) is 0 Å². The maximum atomic E-state index is 12.7. The highest BCUT2D eigenvalue weighted by Crippen LogP contribution is 2.20. The van der Waals surface area contributed by atoms with Crippen molar-refractivity contribution in [3.05, 3.63) is 77.4 Å². The summed E-state index contributed by atoms with van der Waals surface area (Å²) in [4.78, 5) is 12.3. The SMILES string of the molecule is C[C@H](NS(=O)(=O)c1ccc(CCC(=O)NCCC2=CCCCC2)cc1)c1ccccc1. The van der Waals surface area contributed by atoms with E-state index < -0.39 is 10.0 Å². The number of allylic oxidation sites excluding steroid dienone is 1. The highest BCUT2D eigenvalue weighted by atomic mass is 32.2. The van der Waals surface area contributed by atoms with E-state index >= 15 is 0 Å². The molecule has 0 radical (unpaired) electrons. The van der Waals surface area contributed by atoms with Crippen LogP contribution in [0.25, 0.3) is 0 Å². The molecular weight excluding hydrogens is 408 g/mol. The fraction of sp³-hybridized carbons (Fsp3) is 0.400. The number of hydrogen-bond acceptors (Lipinski definition) is 3. The van der Waals surface area contributed by atoms with Crippen LogP contribution in [-0.4, -0.2) is 20.9 Å². The van der Waals surface area contributed by atoms with Gasteiger partial charge in [0, 0.05) is 19.0 Å². The van der Waals surface area contributed by atoms with Gasteiger partial charge in [-0.3, -0.25) is 4.79 Å². The molecule has 5 nitrogen and oxygen atoms in total. The lowest BCUT2D eigenvalue weighted by molar-refractivity contribution is -0.121. The molecule has 1 aliphatic rings. The van der Waals surface area contributed by atoms with E-state index in [0.717, 1.165) is 30.4 Å². The van der Waals surface area contributed by atoms with E-state index in [-0.39, 0.29) is 16.8 Å². The number of carbonyl (C=O) groups is 1. The summed E-state index contributed by atoms with van der Waals surface area (Å²) in [5.74, 6) is 0.0338. The predicted octanol–water partition coefficient (Wildman–Crippen LogP) is 4.67. The second kappa shape index (κ2) is 11.3. The van der Waals surface area contributed by atoms with Gasteiger partial charge in [0.25, 0.3) is 0 Å². The summed E-state index contributed by atoms with van der Waals surface area (Å²) < 4.78 is 28.0. The van der Waals surface area contributed by atoms with Crippen LogP contribution in [0.3, 0.4) is 0 Å². The zero-order chi connectivity index (χ0) is 22.1. The van der Waals surface area contributed by atoms with E-state index in [0.29, 0.717) is 19.4 Å². The smallest absolute Gasteiger partial charge is 0.241 e.